The van der Waals surface area contributed by atoms with Gasteiger partial charge in [0.15, 0.2) is 5.76 Å². The van der Waals surface area contributed by atoms with E-state index in [1.807, 2.05) is 0 Å². The topological polar surface area (TPSA) is 346 Å². The zero-order chi connectivity index (χ0) is 48.8. The van der Waals surface area contributed by atoms with Gasteiger partial charge in [-0.15, -0.1) is 5.06 Å². The molecule has 5 rings (SSSR count). The van der Waals surface area contributed by atoms with Crippen molar-refractivity contribution >= 4 is 81.4 Å². The number of ketones is 1. The Bertz CT molecular complexity index is 2590. The number of carbonyl (C=O) groups is 9. The molecule has 0 saturated carbocycles. The quantitative estimate of drug-likeness (QED) is 0.0149. The maximum atomic E-state index is 13.9. The van der Waals surface area contributed by atoms with E-state index in [1.165, 1.54) is 30.3 Å². The summed E-state index contributed by atoms with van der Waals surface area (Å²) in [5.74, 6) is -8.95. The van der Waals surface area contributed by atoms with Crippen LogP contribution in [0.25, 0.3) is 21.4 Å². The molecule has 0 atom stereocenters. The molecule has 0 spiro atoms. The largest absolute Gasteiger partial charge is 0.488 e. The zero-order valence-electron chi connectivity index (χ0n) is 35.7. The van der Waals surface area contributed by atoms with E-state index in [1.54, 1.807) is 31.2 Å². The van der Waals surface area contributed by atoms with Crippen LogP contribution in [0.4, 0.5) is 17.1 Å². The molecular weight excluding hydrogens is 887 g/mol. The molecule has 0 aliphatic carbocycles. The van der Waals surface area contributed by atoms with Gasteiger partial charge < -0.3 is 54.3 Å². The number of aliphatic carboxylic acids is 4. The van der Waals surface area contributed by atoms with Crippen molar-refractivity contribution < 1.29 is 82.3 Å². The van der Waals surface area contributed by atoms with Crippen molar-refractivity contribution in [1.82, 2.24) is 10.4 Å². The fourth-order valence-electron chi connectivity index (χ4n) is 6.75. The average molecular weight is 930 g/mol. The SMILES string of the molecule is Cc1ccc(N(CC(=O)O)CC(=O)O)c(OCCOc2cc3c(N=[N+]=[N-])c(C(=O)c4ccc(CCNC(=O)CCCC(=O)ON5C(=O)CCC5=O)cc4)oc3cc2N(CC(=O)O)CC(=O)O)c1. The van der Waals surface area contributed by atoms with Crippen LogP contribution in [0.15, 0.2) is 64.1 Å². The molecule has 352 valence electrons. The van der Waals surface area contributed by atoms with Gasteiger partial charge in [-0.3, -0.25) is 38.4 Å². The third kappa shape index (κ3) is 13.7. The number of imide groups is 1. The number of carboxylic acids is 4. The zero-order valence-corrected chi connectivity index (χ0v) is 35.7. The van der Waals surface area contributed by atoms with Gasteiger partial charge in [-0.1, -0.05) is 35.4 Å². The van der Waals surface area contributed by atoms with Gasteiger partial charge in [-0.25, -0.2) is 4.79 Å². The molecule has 4 aromatic rings. The summed E-state index contributed by atoms with van der Waals surface area (Å²) in [6.07, 6.45) is 0.151. The van der Waals surface area contributed by atoms with Gasteiger partial charge >= 0.3 is 29.8 Å². The van der Waals surface area contributed by atoms with Gasteiger partial charge in [0.05, 0.1) is 17.1 Å². The number of carbonyl (C=O) groups excluding carboxylic acids is 5. The fourth-order valence-corrected chi connectivity index (χ4v) is 6.75. The number of hydrogen-bond donors (Lipinski definition) is 5. The van der Waals surface area contributed by atoms with Crippen molar-refractivity contribution in [3.63, 3.8) is 0 Å². The number of azide groups is 1. The molecule has 67 heavy (non-hydrogen) atoms. The van der Waals surface area contributed by atoms with Crippen LogP contribution in [0.5, 0.6) is 11.5 Å². The van der Waals surface area contributed by atoms with Crippen LogP contribution in [0.3, 0.4) is 0 Å². The molecule has 1 saturated heterocycles. The van der Waals surface area contributed by atoms with E-state index in [0.717, 1.165) is 9.80 Å². The summed E-state index contributed by atoms with van der Waals surface area (Å²) >= 11 is 0. The maximum Gasteiger partial charge on any atom is 0.333 e. The second-order valence-electron chi connectivity index (χ2n) is 14.8. The Labute approximate surface area is 378 Å². The smallest absolute Gasteiger partial charge is 0.333 e. The first-order valence-electron chi connectivity index (χ1n) is 20.3. The van der Waals surface area contributed by atoms with E-state index in [9.17, 15) is 69.1 Å². The molecule has 2 heterocycles. The van der Waals surface area contributed by atoms with Gasteiger partial charge in [0.25, 0.3) is 11.8 Å². The molecule has 1 aromatic heterocycles. The van der Waals surface area contributed by atoms with Crippen molar-refractivity contribution in [3.05, 3.63) is 87.5 Å². The minimum atomic E-state index is -1.40. The van der Waals surface area contributed by atoms with Gasteiger partial charge in [0.1, 0.15) is 56.5 Å². The summed E-state index contributed by atoms with van der Waals surface area (Å²) in [6.45, 7) is -1.61. The van der Waals surface area contributed by atoms with E-state index in [4.69, 9.17) is 18.7 Å². The number of carboxylic acid groups (broad SMARTS) is 4. The van der Waals surface area contributed by atoms with E-state index in [0.29, 0.717) is 22.6 Å². The second kappa shape index (κ2) is 22.8. The molecule has 3 amide bonds. The van der Waals surface area contributed by atoms with E-state index >= 15 is 0 Å². The van der Waals surface area contributed by atoms with Gasteiger partial charge in [-0.05, 0) is 54.6 Å². The van der Waals surface area contributed by atoms with Crippen molar-refractivity contribution in [3.8, 4) is 11.5 Å². The predicted molar refractivity (Wildman–Crippen MR) is 230 cm³/mol. The number of amides is 3. The molecule has 0 unspecified atom stereocenters. The Morgan fingerprint density at radius 1 is 0.776 bits per heavy atom. The number of aryl methyl sites for hydroxylation is 1. The third-order valence-electron chi connectivity index (χ3n) is 9.73. The molecule has 1 aliphatic rings. The molecule has 1 aliphatic heterocycles. The summed E-state index contributed by atoms with van der Waals surface area (Å²) in [5.41, 5.74) is 10.7. The molecular formula is C43H43N7O17. The van der Waals surface area contributed by atoms with Crippen molar-refractivity contribution in [2.45, 2.75) is 45.4 Å². The number of nitrogens with one attached hydrogen (secondary N) is 1. The lowest BCUT2D eigenvalue weighted by molar-refractivity contribution is -0.197. The van der Waals surface area contributed by atoms with Crippen LogP contribution in [-0.4, -0.2) is 125 Å². The lowest BCUT2D eigenvalue weighted by Gasteiger charge is -2.25. The molecule has 0 radical (unpaired) electrons. The molecule has 1 fully saturated rings. The Hall–Kier alpha value is -8.66. The van der Waals surface area contributed by atoms with E-state index in [-0.39, 0.29) is 103 Å². The van der Waals surface area contributed by atoms with Crippen LogP contribution >= 0.6 is 0 Å². The molecule has 24 nitrogen and oxygen atoms in total. The Kier molecular flexibility index (Phi) is 16.8. The van der Waals surface area contributed by atoms with Crippen LogP contribution in [-0.2, 0) is 49.6 Å². The number of ether oxygens (including phenoxy) is 2. The molecule has 3 aromatic carbocycles. The first kappa shape index (κ1) is 49.4. The number of furan rings is 1. The Morgan fingerprint density at radius 3 is 1.91 bits per heavy atom. The van der Waals surface area contributed by atoms with Crippen molar-refractivity contribution in [2.75, 3.05) is 55.7 Å². The normalized spacial score (nSPS) is 12.0. The van der Waals surface area contributed by atoms with Gasteiger partial charge in [0.2, 0.25) is 11.7 Å². The summed E-state index contributed by atoms with van der Waals surface area (Å²) in [4.78, 5) is 118. The predicted octanol–water partition coefficient (Wildman–Crippen LogP) is 3.76. The van der Waals surface area contributed by atoms with Crippen molar-refractivity contribution in [1.29, 1.82) is 0 Å². The average Bonchev–Trinajstić information content (AvgIpc) is 3.77. The highest BCUT2D eigenvalue weighted by atomic mass is 16.7. The second-order valence-corrected chi connectivity index (χ2v) is 14.8. The number of anilines is 2. The highest BCUT2D eigenvalue weighted by Crippen LogP contribution is 2.42. The minimum Gasteiger partial charge on any atom is -0.488 e. The van der Waals surface area contributed by atoms with E-state index < -0.39 is 79.4 Å². The molecule has 0 bridgehead atoms. The van der Waals surface area contributed by atoms with Crippen LogP contribution < -0.4 is 24.6 Å². The highest BCUT2D eigenvalue weighted by molar-refractivity contribution is 6.14. The lowest BCUT2D eigenvalue weighted by Crippen LogP contribution is -2.35. The summed E-state index contributed by atoms with van der Waals surface area (Å²) < 4.78 is 17.8. The third-order valence-corrected chi connectivity index (χ3v) is 9.73. The van der Waals surface area contributed by atoms with E-state index in [2.05, 4.69) is 15.3 Å². The lowest BCUT2D eigenvalue weighted by atomic mass is 10.0. The monoisotopic (exact) mass is 929 g/mol. The standard InChI is InChI=1S/C43H43N7O17/c1-24-5-10-28(48(20-36(54)55)21-37(56)57)31(17-24)64-15-16-65-32-18-27-30(19-29(32)49(22-38(58)59)23-39(60)61)66-43(41(27)46-47-44)42(63)26-8-6-25(7-9-26)13-14-45-33(51)3-2-4-40(62)67-50-34(52)11-12-35(50)53/h5-10,17-19H,2-4,11-16,20-23H2,1H3,(H,45,51)(H,54,55)(H,56,57)(H,58,59)(H,60,61). The molecule has 24 heteroatoms. The number of hydrogen-bond acceptors (Lipinski definition) is 16. The highest BCUT2D eigenvalue weighted by Gasteiger charge is 2.33. The maximum absolute atomic E-state index is 13.9. The van der Waals surface area contributed by atoms with Gasteiger partial charge in [0, 0.05) is 54.2 Å². The number of benzene rings is 3. The minimum absolute atomic E-state index is 0.0288. The number of nitrogens with zero attached hydrogens (tertiary/aromatic N) is 6. The first-order valence-corrected chi connectivity index (χ1v) is 20.3. The Morgan fingerprint density at radius 2 is 1.34 bits per heavy atom. The van der Waals surface area contributed by atoms with Crippen molar-refractivity contribution in [2.24, 2.45) is 5.11 Å². The number of fused-ring (bicyclic) bond motifs is 1. The van der Waals surface area contributed by atoms with Crippen LogP contribution in [0.2, 0.25) is 0 Å². The number of rotatable bonds is 26. The summed E-state index contributed by atoms with van der Waals surface area (Å²) in [7, 11) is 0. The number of hydroxylamine groups is 2. The molecule has 5 N–H and O–H groups in total. The Balaban J connectivity index is 1.31. The van der Waals surface area contributed by atoms with Crippen LogP contribution in [0.1, 0.15) is 59.3 Å². The fraction of sp³-hybridized carbons (Fsp3) is 0.326. The first-order chi connectivity index (χ1) is 31.9. The summed E-state index contributed by atoms with van der Waals surface area (Å²) in [5, 5.41) is 45.0. The van der Waals surface area contributed by atoms with Gasteiger partial charge in [-0.2, -0.15) is 0 Å². The summed E-state index contributed by atoms with van der Waals surface area (Å²) in [6, 6.07) is 13.3. The van der Waals surface area contributed by atoms with Crippen LogP contribution in [0, 0.1) is 6.92 Å².